The molecule has 2 aromatic heterocycles. The number of hydrogen-bond donors (Lipinski definition) is 0. The molecule has 3 aromatic rings. The molecular formula is C20H23N5O3S. The van der Waals surface area contributed by atoms with Crippen molar-refractivity contribution in [2.45, 2.75) is 38.0 Å². The van der Waals surface area contributed by atoms with Crippen molar-refractivity contribution >= 4 is 10.0 Å². The van der Waals surface area contributed by atoms with Crippen LogP contribution in [0.15, 0.2) is 46.2 Å². The lowest BCUT2D eigenvalue weighted by Crippen LogP contribution is -2.40. The fraction of sp³-hybridized carbons (Fsp3) is 0.400. The summed E-state index contributed by atoms with van der Waals surface area (Å²) in [7, 11) is -3.52. The van der Waals surface area contributed by atoms with Crippen LogP contribution in [0, 0.1) is 19.8 Å². The summed E-state index contributed by atoms with van der Waals surface area (Å²) in [6, 6.07) is 5.45. The number of sulfonamides is 1. The second-order valence-electron chi connectivity index (χ2n) is 7.45. The third kappa shape index (κ3) is 4.20. The number of aromatic nitrogens is 4. The Morgan fingerprint density at radius 2 is 2.10 bits per heavy atom. The van der Waals surface area contributed by atoms with Crippen LogP contribution in [0.25, 0.3) is 11.5 Å². The van der Waals surface area contributed by atoms with E-state index in [9.17, 15) is 8.42 Å². The second kappa shape index (κ2) is 8.00. The Hall–Kier alpha value is -2.65. The molecular weight excluding hydrogens is 390 g/mol. The summed E-state index contributed by atoms with van der Waals surface area (Å²) in [6.07, 6.45) is 6.99. The number of nitrogens with zero attached hydrogens (tertiary/aromatic N) is 5. The number of piperidine rings is 1. The monoisotopic (exact) mass is 413 g/mol. The molecule has 1 unspecified atom stereocenters. The molecule has 0 bridgehead atoms. The first-order valence-electron chi connectivity index (χ1n) is 9.60. The van der Waals surface area contributed by atoms with E-state index < -0.39 is 10.0 Å². The van der Waals surface area contributed by atoms with Gasteiger partial charge >= 0.3 is 0 Å². The van der Waals surface area contributed by atoms with Crippen molar-refractivity contribution in [2.75, 3.05) is 13.1 Å². The molecule has 0 N–H and O–H groups in total. The van der Waals surface area contributed by atoms with Crippen LogP contribution in [0.1, 0.15) is 29.9 Å². The van der Waals surface area contributed by atoms with Crippen molar-refractivity contribution in [2.24, 2.45) is 5.92 Å². The van der Waals surface area contributed by atoms with Gasteiger partial charge in [-0.25, -0.2) is 13.4 Å². The summed E-state index contributed by atoms with van der Waals surface area (Å²) < 4.78 is 33.3. The maximum atomic E-state index is 13.2. The van der Waals surface area contributed by atoms with Crippen molar-refractivity contribution in [1.29, 1.82) is 0 Å². The van der Waals surface area contributed by atoms with Crippen molar-refractivity contribution in [3.8, 4) is 11.5 Å². The van der Waals surface area contributed by atoms with Crippen LogP contribution >= 0.6 is 0 Å². The van der Waals surface area contributed by atoms with Crippen LogP contribution in [0.5, 0.6) is 0 Å². The minimum Gasteiger partial charge on any atom is -0.339 e. The van der Waals surface area contributed by atoms with Crippen molar-refractivity contribution in [3.63, 3.8) is 0 Å². The first-order valence-corrected chi connectivity index (χ1v) is 11.0. The highest BCUT2D eigenvalue weighted by Crippen LogP contribution is 2.28. The molecule has 9 heteroatoms. The molecule has 1 aliphatic heterocycles. The molecule has 0 radical (unpaired) electrons. The smallest absolute Gasteiger partial charge is 0.243 e. The van der Waals surface area contributed by atoms with Gasteiger partial charge < -0.3 is 4.52 Å². The minimum absolute atomic E-state index is 0.124. The summed E-state index contributed by atoms with van der Waals surface area (Å²) in [6.45, 7) is 4.77. The van der Waals surface area contributed by atoms with Gasteiger partial charge in [-0.3, -0.25) is 4.98 Å². The summed E-state index contributed by atoms with van der Waals surface area (Å²) in [4.78, 5) is 12.9. The predicted molar refractivity (Wildman–Crippen MR) is 106 cm³/mol. The lowest BCUT2D eigenvalue weighted by atomic mass is 9.96. The van der Waals surface area contributed by atoms with Crippen LogP contribution in [-0.2, 0) is 16.4 Å². The van der Waals surface area contributed by atoms with Gasteiger partial charge in [0.25, 0.3) is 0 Å². The largest absolute Gasteiger partial charge is 0.339 e. The highest BCUT2D eigenvalue weighted by molar-refractivity contribution is 7.89. The standard InChI is InChI=1S/C20H23N5O3S/c1-14-5-6-18(15(2)10-14)29(26,27)25-9-3-4-16(13-25)11-19-23-20(24-28-19)17-12-21-7-8-22-17/h5-8,10,12,16H,3-4,9,11,13H2,1-2H3. The molecule has 29 heavy (non-hydrogen) atoms. The number of benzene rings is 1. The van der Waals surface area contributed by atoms with E-state index in [0.717, 1.165) is 24.0 Å². The quantitative estimate of drug-likeness (QED) is 0.634. The zero-order valence-corrected chi connectivity index (χ0v) is 17.3. The molecule has 3 heterocycles. The van der Waals surface area contributed by atoms with Gasteiger partial charge in [0, 0.05) is 31.9 Å². The van der Waals surface area contributed by atoms with Gasteiger partial charge in [-0.2, -0.15) is 9.29 Å². The van der Waals surface area contributed by atoms with Gasteiger partial charge in [0.1, 0.15) is 5.69 Å². The van der Waals surface area contributed by atoms with Crippen molar-refractivity contribution < 1.29 is 12.9 Å². The van der Waals surface area contributed by atoms with Crippen molar-refractivity contribution in [3.05, 3.63) is 53.8 Å². The third-order valence-electron chi connectivity index (χ3n) is 5.15. The maximum Gasteiger partial charge on any atom is 0.243 e. The molecule has 0 aliphatic carbocycles. The van der Waals surface area contributed by atoms with E-state index >= 15 is 0 Å². The predicted octanol–water partition coefficient (Wildman–Crippen LogP) is 2.79. The van der Waals surface area contributed by atoms with Crippen LogP contribution < -0.4 is 0 Å². The molecule has 1 fully saturated rings. The molecule has 0 amide bonds. The molecule has 152 valence electrons. The molecule has 1 aromatic carbocycles. The number of aryl methyl sites for hydroxylation is 2. The van der Waals surface area contributed by atoms with Crippen LogP contribution in [0.2, 0.25) is 0 Å². The molecule has 1 saturated heterocycles. The van der Waals surface area contributed by atoms with Gasteiger partial charge in [-0.05, 0) is 44.2 Å². The first-order chi connectivity index (χ1) is 13.9. The van der Waals surface area contributed by atoms with E-state index in [2.05, 4.69) is 20.1 Å². The molecule has 1 atom stereocenters. The minimum atomic E-state index is -3.52. The zero-order valence-electron chi connectivity index (χ0n) is 16.4. The molecule has 0 spiro atoms. The number of hydrogen-bond acceptors (Lipinski definition) is 7. The summed E-state index contributed by atoms with van der Waals surface area (Å²) in [5.41, 5.74) is 2.37. The van der Waals surface area contributed by atoms with Gasteiger partial charge in [0.15, 0.2) is 0 Å². The van der Waals surface area contributed by atoms with Crippen LogP contribution in [0.3, 0.4) is 0 Å². The normalized spacial score (nSPS) is 18.1. The second-order valence-corrected chi connectivity index (χ2v) is 9.35. The van der Waals surface area contributed by atoms with E-state index in [-0.39, 0.29) is 5.92 Å². The molecule has 0 saturated carbocycles. The van der Waals surface area contributed by atoms with Gasteiger partial charge in [0.2, 0.25) is 21.7 Å². The number of rotatable bonds is 5. The van der Waals surface area contributed by atoms with Crippen LogP contribution in [-0.4, -0.2) is 45.9 Å². The maximum absolute atomic E-state index is 13.2. The van der Waals surface area contributed by atoms with Crippen LogP contribution in [0.4, 0.5) is 0 Å². The summed E-state index contributed by atoms with van der Waals surface area (Å²) in [5.74, 6) is 1.00. The van der Waals surface area contributed by atoms with Gasteiger partial charge in [-0.15, -0.1) is 0 Å². The van der Waals surface area contributed by atoms with E-state index in [4.69, 9.17) is 4.52 Å². The fourth-order valence-corrected chi connectivity index (χ4v) is 5.50. The Morgan fingerprint density at radius 3 is 2.86 bits per heavy atom. The SMILES string of the molecule is Cc1ccc(S(=O)(=O)N2CCCC(Cc3nc(-c4cnccn4)no3)C2)c(C)c1. The van der Waals surface area contributed by atoms with E-state index in [1.165, 1.54) is 0 Å². The molecule has 1 aliphatic rings. The Balaban J connectivity index is 1.48. The lowest BCUT2D eigenvalue weighted by Gasteiger charge is -2.31. The zero-order chi connectivity index (χ0) is 20.4. The van der Waals surface area contributed by atoms with Crippen molar-refractivity contribution in [1.82, 2.24) is 24.4 Å². The van der Waals surface area contributed by atoms with Gasteiger partial charge in [-0.1, -0.05) is 22.9 Å². The fourth-order valence-electron chi connectivity index (χ4n) is 3.74. The molecule has 4 rings (SSSR count). The topological polar surface area (TPSA) is 102 Å². The van der Waals surface area contributed by atoms with Gasteiger partial charge in [0.05, 0.1) is 11.1 Å². The highest BCUT2D eigenvalue weighted by atomic mass is 32.2. The van der Waals surface area contributed by atoms with E-state index in [1.54, 1.807) is 29.0 Å². The highest BCUT2D eigenvalue weighted by Gasteiger charge is 2.32. The average molecular weight is 414 g/mol. The van der Waals surface area contributed by atoms with E-state index in [1.807, 2.05) is 26.0 Å². The average Bonchev–Trinajstić information content (AvgIpc) is 3.17. The Morgan fingerprint density at radius 1 is 1.24 bits per heavy atom. The third-order valence-corrected chi connectivity index (χ3v) is 7.18. The summed E-state index contributed by atoms with van der Waals surface area (Å²) >= 11 is 0. The Kier molecular flexibility index (Phi) is 5.42. The Labute approximate surface area is 170 Å². The first kappa shape index (κ1) is 19.7. The van der Waals surface area contributed by atoms with E-state index in [0.29, 0.717) is 41.8 Å². The lowest BCUT2D eigenvalue weighted by molar-refractivity contribution is 0.247. The Bertz CT molecular complexity index is 1100. The molecule has 8 nitrogen and oxygen atoms in total. The summed E-state index contributed by atoms with van der Waals surface area (Å²) in [5, 5.41) is 3.97.